The number of Topliss-reactive ketones (excluding diaryl/α,β-unsaturated/α-hetero) is 1. The van der Waals surface area contributed by atoms with Gasteiger partial charge in [-0.2, -0.15) is 4.31 Å². The molecule has 0 aromatic heterocycles. The highest BCUT2D eigenvalue weighted by molar-refractivity contribution is 7.89. The molecule has 1 aliphatic heterocycles. The van der Waals surface area contributed by atoms with Crippen molar-refractivity contribution in [1.82, 2.24) is 4.31 Å². The Morgan fingerprint density at radius 3 is 2.50 bits per heavy atom. The second-order valence-corrected chi connectivity index (χ2v) is 6.24. The summed E-state index contributed by atoms with van der Waals surface area (Å²) in [6, 6.07) is 6.66. The molecule has 1 saturated heterocycles. The van der Waals surface area contributed by atoms with Crippen molar-refractivity contribution in [2.24, 2.45) is 0 Å². The van der Waals surface area contributed by atoms with Crippen molar-refractivity contribution in [3.63, 3.8) is 0 Å². The van der Waals surface area contributed by atoms with E-state index in [1.807, 2.05) is 0 Å². The van der Waals surface area contributed by atoms with Gasteiger partial charge in [-0.25, -0.2) is 8.42 Å². The number of ketones is 1. The first-order valence-corrected chi connectivity index (χ1v) is 7.29. The number of rotatable bonds is 4. The summed E-state index contributed by atoms with van der Waals surface area (Å²) in [6.45, 7) is 0.360. The maximum Gasteiger partial charge on any atom is 0.214 e. The van der Waals surface area contributed by atoms with Crippen LogP contribution >= 0.6 is 0 Å². The number of carbonyl (C=O) groups is 1. The molecule has 1 fully saturated rings. The third-order valence-corrected chi connectivity index (χ3v) is 4.84. The summed E-state index contributed by atoms with van der Waals surface area (Å²) in [7, 11) is -1.67. The van der Waals surface area contributed by atoms with E-state index in [2.05, 4.69) is 0 Å². The summed E-state index contributed by atoms with van der Waals surface area (Å²) in [5, 5.41) is 0. The number of sulfonamides is 1. The highest BCUT2D eigenvalue weighted by Crippen LogP contribution is 2.16. The van der Waals surface area contributed by atoms with E-state index < -0.39 is 10.0 Å². The van der Waals surface area contributed by atoms with E-state index in [-0.39, 0.29) is 18.1 Å². The topological polar surface area (TPSA) is 63.7 Å². The van der Waals surface area contributed by atoms with Gasteiger partial charge in [0.15, 0.2) is 5.78 Å². The Balaban J connectivity index is 2.07. The summed E-state index contributed by atoms with van der Waals surface area (Å²) < 4.78 is 29.4. The van der Waals surface area contributed by atoms with Gasteiger partial charge < -0.3 is 4.74 Å². The first-order valence-electron chi connectivity index (χ1n) is 5.68. The minimum Gasteiger partial charge on any atom is -0.497 e. The molecule has 0 amide bonds. The Morgan fingerprint density at radius 2 is 2.00 bits per heavy atom. The minimum absolute atomic E-state index is 0.0747. The molecule has 1 aliphatic rings. The fraction of sp³-hybridized carbons (Fsp3) is 0.417. The number of nitrogens with zero attached hydrogens (tertiary/aromatic N) is 1. The molecule has 0 atom stereocenters. The average molecular weight is 269 g/mol. The van der Waals surface area contributed by atoms with Gasteiger partial charge in [0.1, 0.15) is 5.75 Å². The van der Waals surface area contributed by atoms with E-state index in [4.69, 9.17) is 4.74 Å². The Kier molecular flexibility index (Phi) is 3.68. The van der Waals surface area contributed by atoms with Gasteiger partial charge in [0, 0.05) is 12.1 Å². The van der Waals surface area contributed by atoms with E-state index in [9.17, 15) is 13.2 Å². The molecule has 6 heteroatoms. The molecule has 0 saturated carbocycles. The van der Waals surface area contributed by atoms with Gasteiger partial charge in [0.25, 0.3) is 0 Å². The molecule has 0 N–H and O–H groups in total. The van der Waals surface area contributed by atoms with Gasteiger partial charge >= 0.3 is 0 Å². The van der Waals surface area contributed by atoms with Crippen LogP contribution in [0.2, 0.25) is 0 Å². The SMILES string of the molecule is COc1ccc(C(=O)CN2CCCS2(=O)=O)cc1. The molecule has 5 nitrogen and oxygen atoms in total. The Morgan fingerprint density at radius 1 is 1.33 bits per heavy atom. The lowest BCUT2D eigenvalue weighted by molar-refractivity contribution is 0.0969. The fourth-order valence-corrected chi connectivity index (χ4v) is 3.37. The number of carbonyl (C=O) groups excluding carboxylic acids is 1. The van der Waals surface area contributed by atoms with Gasteiger partial charge in [-0.3, -0.25) is 4.79 Å². The molecule has 1 aromatic carbocycles. The molecular weight excluding hydrogens is 254 g/mol. The highest BCUT2D eigenvalue weighted by Gasteiger charge is 2.29. The lowest BCUT2D eigenvalue weighted by Crippen LogP contribution is -2.31. The molecule has 1 heterocycles. The van der Waals surface area contributed by atoms with Gasteiger partial charge in [-0.05, 0) is 30.7 Å². The second-order valence-electron chi connectivity index (χ2n) is 4.15. The highest BCUT2D eigenvalue weighted by atomic mass is 32.2. The zero-order valence-corrected chi connectivity index (χ0v) is 10.9. The largest absolute Gasteiger partial charge is 0.497 e. The number of benzene rings is 1. The van der Waals surface area contributed by atoms with Crippen LogP contribution in [0, 0.1) is 0 Å². The third kappa shape index (κ3) is 2.70. The Labute approximate surface area is 106 Å². The summed E-state index contributed by atoms with van der Waals surface area (Å²) >= 11 is 0. The summed E-state index contributed by atoms with van der Waals surface area (Å²) in [5.74, 6) is 0.617. The minimum atomic E-state index is -3.22. The van der Waals surface area contributed by atoms with Crippen LogP contribution in [0.5, 0.6) is 5.75 Å². The van der Waals surface area contributed by atoms with E-state index >= 15 is 0 Å². The van der Waals surface area contributed by atoms with Gasteiger partial charge in [-0.1, -0.05) is 0 Å². The Hall–Kier alpha value is -1.40. The molecule has 0 radical (unpaired) electrons. The third-order valence-electron chi connectivity index (χ3n) is 2.94. The number of methoxy groups -OCH3 is 1. The van der Waals surface area contributed by atoms with Crippen LogP contribution in [0.4, 0.5) is 0 Å². The molecule has 98 valence electrons. The maximum absolute atomic E-state index is 11.9. The summed E-state index contributed by atoms with van der Waals surface area (Å²) in [6.07, 6.45) is 0.595. The second kappa shape index (κ2) is 5.07. The van der Waals surface area contributed by atoms with Gasteiger partial charge in [0.2, 0.25) is 10.0 Å². The van der Waals surface area contributed by atoms with Gasteiger partial charge in [0.05, 0.1) is 19.4 Å². The molecular formula is C12H15NO4S. The maximum atomic E-state index is 11.9. The van der Waals surface area contributed by atoms with Crippen LogP contribution in [0.3, 0.4) is 0 Å². The van der Waals surface area contributed by atoms with Crippen molar-refractivity contribution >= 4 is 15.8 Å². The number of ether oxygens (including phenoxy) is 1. The van der Waals surface area contributed by atoms with Crippen molar-refractivity contribution < 1.29 is 17.9 Å². The number of hydrogen-bond donors (Lipinski definition) is 0. The molecule has 2 rings (SSSR count). The van der Waals surface area contributed by atoms with Crippen molar-refractivity contribution in [1.29, 1.82) is 0 Å². The normalized spacial score (nSPS) is 18.7. The van der Waals surface area contributed by atoms with E-state index in [1.54, 1.807) is 31.4 Å². The summed E-state index contributed by atoms with van der Waals surface area (Å²) in [5.41, 5.74) is 0.498. The van der Waals surface area contributed by atoms with Crippen molar-refractivity contribution in [3.05, 3.63) is 29.8 Å². The lowest BCUT2D eigenvalue weighted by atomic mass is 10.1. The average Bonchev–Trinajstić information content (AvgIpc) is 2.69. The first-order chi connectivity index (χ1) is 8.53. The van der Waals surface area contributed by atoms with Crippen LogP contribution in [0.25, 0.3) is 0 Å². The van der Waals surface area contributed by atoms with Crippen LogP contribution in [0.15, 0.2) is 24.3 Å². The monoisotopic (exact) mass is 269 g/mol. The van der Waals surface area contributed by atoms with Crippen LogP contribution < -0.4 is 4.74 Å². The molecule has 0 aliphatic carbocycles. The Bertz CT molecular complexity index is 536. The molecule has 0 spiro atoms. The van der Waals surface area contributed by atoms with Crippen LogP contribution in [0.1, 0.15) is 16.8 Å². The molecule has 0 unspecified atom stereocenters. The van der Waals surface area contributed by atoms with Crippen LogP contribution in [-0.2, 0) is 10.0 Å². The van der Waals surface area contributed by atoms with Crippen molar-refractivity contribution in [3.8, 4) is 5.75 Å². The molecule has 1 aromatic rings. The number of hydrogen-bond acceptors (Lipinski definition) is 4. The summed E-state index contributed by atoms with van der Waals surface area (Å²) in [4.78, 5) is 11.9. The van der Waals surface area contributed by atoms with Crippen molar-refractivity contribution in [2.75, 3.05) is 26.0 Å². The predicted molar refractivity (Wildman–Crippen MR) is 67.3 cm³/mol. The smallest absolute Gasteiger partial charge is 0.214 e. The quantitative estimate of drug-likeness (QED) is 0.762. The van der Waals surface area contributed by atoms with Crippen LogP contribution in [-0.4, -0.2) is 44.5 Å². The molecule has 18 heavy (non-hydrogen) atoms. The zero-order valence-electron chi connectivity index (χ0n) is 10.1. The van der Waals surface area contributed by atoms with E-state index in [0.717, 1.165) is 0 Å². The van der Waals surface area contributed by atoms with Gasteiger partial charge in [-0.15, -0.1) is 0 Å². The van der Waals surface area contributed by atoms with Crippen molar-refractivity contribution in [2.45, 2.75) is 6.42 Å². The van der Waals surface area contributed by atoms with E-state index in [0.29, 0.717) is 24.3 Å². The zero-order chi connectivity index (χ0) is 13.2. The van der Waals surface area contributed by atoms with E-state index in [1.165, 1.54) is 4.31 Å². The first kappa shape index (κ1) is 13.0. The lowest BCUT2D eigenvalue weighted by Gasteiger charge is -2.13. The predicted octanol–water partition coefficient (Wildman–Crippen LogP) is 0.913. The standard InChI is InChI=1S/C12H15NO4S/c1-17-11-5-3-10(4-6-11)12(14)9-13-7-2-8-18(13,15)16/h3-6H,2,7-9H2,1H3. The fourth-order valence-electron chi connectivity index (χ4n) is 1.90. The molecule has 0 bridgehead atoms.